The van der Waals surface area contributed by atoms with Crippen molar-refractivity contribution in [1.82, 2.24) is 24.8 Å². The highest BCUT2D eigenvalue weighted by atomic mass is 16.5. The van der Waals surface area contributed by atoms with Crippen LogP contribution in [0.15, 0.2) is 12.4 Å². The molecule has 0 amide bonds. The van der Waals surface area contributed by atoms with E-state index in [4.69, 9.17) is 4.74 Å². The molecule has 21 heavy (non-hydrogen) atoms. The zero-order valence-corrected chi connectivity index (χ0v) is 12.7. The van der Waals surface area contributed by atoms with Gasteiger partial charge in [-0.05, 0) is 20.3 Å². The summed E-state index contributed by atoms with van der Waals surface area (Å²) in [7, 11) is 0. The molecule has 0 N–H and O–H groups in total. The quantitative estimate of drug-likeness (QED) is 0.725. The lowest BCUT2D eigenvalue weighted by atomic mass is 10.2. The monoisotopic (exact) mass is 291 g/mol. The maximum Gasteiger partial charge on any atom is 0.360 e. The maximum absolute atomic E-state index is 11.9. The predicted molar refractivity (Wildman–Crippen MR) is 77.0 cm³/mol. The van der Waals surface area contributed by atoms with E-state index in [0.29, 0.717) is 18.8 Å². The molecule has 0 atom stereocenters. The third-order valence-electron chi connectivity index (χ3n) is 3.14. The molecule has 0 spiro atoms. The van der Waals surface area contributed by atoms with Gasteiger partial charge in [0.25, 0.3) is 0 Å². The zero-order valence-electron chi connectivity index (χ0n) is 12.7. The number of esters is 1. The number of nitrogens with zero attached hydrogens (tertiary/aromatic N) is 5. The summed E-state index contributed by atoms with van der Waals surface area (Å²) in [5.74, 6) is -0.406. The Labute approximate surface area is 123 Å². The fraction of sp³-hybridized carbons (Fsp3) is 0.571. The van der Waals surface area contributed by atoms with Crippen LogP contribution in [0.2, 0.25) is 0 Å². The minimum atomic E-state index is -0.406. The van der Waals surface area contributed by atoms with Crippen LogP contribution in [-0.2, 0) is 24.2 Å². The van der Waals surface area contributed by atoms with E-state index in [1.54, 1.807) is 11.6 Å². The summed E-state index contributed by atoms with van der Waals surface area (Å²) in [4.78, 5) is 11.9. The third-order valence-corrected chi connectivity index (χ3v) is 3.14. The van der Waals surface area contributed by atoms with E-state index < -0.39 is 5.97 Å². The normalized spacial score (nSPS) is 10.8. The SMILES string of the molecule is CCCc1c(C(=O)OCC)nnn1Cc1cnn(CC)c1. The Morgan fingerprint density at radius 3 is 2.76 bits per heavy atom. The lowest BCUT2D eigenvalue weighted by Gasteiger charge is -2.05. The summed E-state index contributed by atoms with van der Waals surface area (Å²) in [5, 5.41) is 12.3. The minimum absolute atomic E-state index is 0.321. The van der Waals surface area contributed by atoms with Gasteiger partial charge in [-0.2, -0.15) is 5.10 Å². The molecule has 0 fully saturated rings. The maximum atomic E-state index is 11.9. The molecular weight excluding hydrogens is 270 g/mol. The van der Waals surface area contributed by atoms with Crippen LogP contribution < -0.4 is 0 Å². The molecule has 7 nitrogen and oxygen atoms in total. The molecule has 2 heterocycles. The molecule has 114 valence electrons. The van der Waals surface area contributed by atoms with E-state index in [0.717, 1.165) is 30.6 Å². The molecule has 0 saturated carbocycles. The smallest absolute Gasteiger partial charge is 0.360 e. The molecule has 0 bridgehead atoms. The largest absolute Gasteiger partial charge is 0.461 e. The van der Waals surface area contributed by atoms with Crippen LogP contribution in [0.5, 0.6) is 0 Å². The Bertz CT molecular complexity index is 602. The highest BCUT2D eigenvalue weighted by molar-refractivity contribution is 5.88. The molecular formula is C14H21N5O2. The first kappa shape index (κ1) is 15.2. The van der Waals surface area contributed by atoms with Crippen molar-refractivity contribution in [3.05, 3.63) is 29.3 Å². The molecule has 7 heteroatoms. The summed E-state index contributed by atoms with van der Waals surface area (Å²) in [6.45, 7) is 7.59. The van der Waals surface area contributed by atoms with E-state index in [1.807, 2.05) is 24.0 Å². The average molecular weight is 291 g/mol. The van der Waals surface area contributed by atoms with Crippen LogP contribution >= 0.6 is 0 Å². The number of ether oxygens (including phenoxy) is 1. The van der Waals surface area contributed by atoms with Crippen LogP contribution in [0.4, 0.5) is 0 Å². The van der Waals surface area contributed by atoms with E-state index in [1.165, 1.54) is 0 Å². The summed E-state index contributed by atoms with van der Waals surface area (Å²) in [5.41, 5.74) is 2.18. The molecule has 0 aliphatic rings. The first-order valence-electron chi connectivity index (χ1n) is 7.30. The number of carbonyl (C=O) groups excluding carboxylic acids is 1. The number of aromatic nitrogens is 5. The van der Waals surface area contributed by atoms with Crippen molar-refractivity contribution < 1.29 is 9.53 Å². The van der Waals surface area contributed by atoms with Gasteiger partial charge >= 0.3 is 5.97 Å². The van der Waals surface area contributed by atoms with Gasteiger partial charge in [0.15, 0.2) is 5.69 Å². The first-order valence-corrected chi connectivity index (χ1v) is 7.30. The van der Waals surface area contributed by atoms with Gasteiger partial charge in [0.05, 0.1) is 25.0 Å². The van der Waals surface area contributed by atoms with Gasteiger partial charge in [-0.1, -0.05) is 18.6 Å². The van der Waals surface area contributed by atoms with Crippen LogP contribution in [0.1, 0.15) is 48.9 Å². The standard InChI is InChI=1S/C14H21N5O2/c1-4-7-12-13(14(20)21-6-3)16-17-19(12)10-11-8-15-18(5-2)9-11/h8-9H,4-7,10H2,1-3H3. The molecule has 0 saturated heterocycles. The van der Waals surface area contributed by atoms with Crippen molar-refractivity contribution in [3.8, 4) is 0 Å². The average Bonchev–Trinajstić information content (AvgIpc) is 3.08. The van der Waals surface area contributed by atoms with E-state index in [2.05, 4.69) is 22.3 Å². The lowest BCUT2D eigenvalue weighted by Crippen LogP contribution is -2.11. The van der Waals surface area contributed by atoms with Crippen LogP contribution in [-0.4, -0.2) is 37.4 Å². The first-order chi connectivity index (χ1) is 10.2. The van der Waals surface area contributed by atoms with Gasteiger partial charge in [0, 0.05) is 18.3 Å². The van der Waals surface area contributed by atoms with E-state index in [9.17, 15) is 4.79 Å². The minimum Gasteiger partial charge on any atom is -0.461 e. The Morgan fingerprint density at radius 1 is 1.33 bits per heavy atom. The predicted octanol–water partition coefficient (Wildman–Crippen LogP) is 1.67. The second-order valence-electron chi connectivity index (χ2n) is 4.72. The molecule has 0 aromatic carbocycles. The van der Waals surface area contributed by atoms with Gasteiger partial charge < -0.3 is 4.74 Å². The number of hydrogen-bond acceptors (Lipinski definition) is 5. The van der Waals surface area contributed by atoms with Gasteiger partial charge in [0.2, 0.25) is 0 Å². The van der Waals surface area contributed by atoms with Gasteiger partial charge in [0.1, 0.15) is 0 Å². The van der Waals surface area contributed by atoms with Gasteiger partial charge in [-0.3, -0.25) is 4.68 Å². The summed E-state index contributed by atoms with van der Waals surface area (Å²) in [6, 6.07) is 0. The lowest BCUT2D eigenvalue weighted by molar-refractivity contribution is 0.0518. The molecule has 0 unspecified atom stereocenters. The Kier molecular flexibility index (Phi) is 5.08. The molecule has 2 aromatic rings. The summed E-state index contributed by atoms with van der Waals surface area (Å²) >= 11 is 0. The second kappa shape index (κ2) is 7.01. The van der Waals surface area contributed by atoms with Gasteiger partial charge in [-0.15, -0.1) is 5.10 Å². The third kappa shape index (κ3) is 3.48. The zero-order chi connectivity index (χ0) is 15.2. The summed E-state index contributed by atoms with van der Waals surface area (Å²) < 4.78 is 8.64. The Hall–Kier alpha value is -2.18. The Balaban J connectivity index is 2.24. The van der Waals surface area contributed by atoms with Crippen molar-refractivity contribution in [2.75, 3.05) is 6.61 Å². The summed E-state index contributed by atoms with van der Waals surface area (Å²) in [6.07, 6.45) is 5.43. The highest BCUT2D eigenvalue weighted by Crippen LogP contribution is 2.12. The van der Waals surface area contributed by atoms with Gasteiger partial charge in [-0.25, -0.2) is 9.48 Å². The van der Waals surface area contributed by atoms with Crippen LogP contribution in [0.3, 0.4) is 0 Å². The van der Waals surface area contributed by atoms with Crippen molar-refractivity contribution in [3.63, 3.8) is 0 Å². The number of rotatable bonds is 7. The number of carbonyl (C=O) groups is 1. The van der Waals surface area contributed by atoms with E-state index >= 15 is 0 Å². The fourth-order valence-electron chi connectivity index (χ4n) is 2.14. The van der Waals surface area contributed by atoms with E-state index in [-0.39, 0.29) is 0 Å². The van der Waals surface area contributed by atoms with Crippen molar-refractivity contribution in [1.29, 1.82) is 0 Å². The van der Waals surface area contributed by atoms with Crippen molar-refractivity contribution in [2.24, 2.45) is 0 Å². The molecule has 0 radical (unpaired) electrons. The number of hydrogen-bond donors (Lipinski definition) is 0. The van der Waals surface area contributed by atoms with Crippen LogP contribution in [0, 0.1) is 0 Å². The molecule has 2 aromatic heterocycles. The topological polar surface area (TPSA) is 74.8 Å². The molecule has 0 aliphatic heterocycles. The highest BCUT2D eigenvalue weighted by Gasteiger charge is 2.20. The van der Waals surface area contributed by atoms with Crippen LogP contribution in [0.25, 0.3) is 0 Å². The van der Waals surface area contributed by atoms with Crippen molar-refractivity contribution >= 4 is 5.97 Å². The Morgan fingerprint density at radius 2 is 2.14 bits per heavy atom. The molecule has 2 rings (SSSR count). The fourth-order valence-corrected chi connectivity index (χ4v) is 2.14. The second-order valence-corrected chi connectivity index (χ2v) is 4.72. The number of aryl methyl sites for hydroxylation is 1. The van der Waals surface area contributed by atoms with Crippen molar-refractivity contribution in [2.45, 2.75) is 46.7 Å². The molecule has 0 aliphatic carbocycles.